The van der Waals surface area contributed by atoms with Gasteiger partial charge < -0.3 is 4.74 Å². The first kappa shape index (κ1) is 20.3. The summed E-state index contributed by atoms with van der Waals surface area (Å²) >= 11 is 1.47. The van der Waals surface area contributed by atoms with Crippen LogP contribution in [-0.4, -0.2) is 45.9 Å². The van der Waals surface area contributed by atoms with E-state index in [-0.39, 0.29) is 19.2 Å². The van der Waals surface area contributed by atoms with Crippen molar-refractivity contribution in [2.75, 3.05) is 18.2 Å². The molecule has 8 nitrogen and oxygen atoms in total. The number of anilines is 1. The molecular weight excluding hydrogens is 452 g/mol. The molecule has 0 saturated heterocycles. The van der Waals surface area contributed by atoms with Crippen LogP contribution in [0.1, 0.15) is 20.7 Å². The average molecular weight is 468 g/mol. The second-order valence-electron chi connectivity index (χ2n) is 7.77. The number of nitrogens with zero attached hydrogens (tertiary/aromatic N) is 4. The highest BCUT2D eigenvalue weighted by Gasteiger charge is 2.38. The number of benzene rings is 2. The summed E-state index contributed by atoms with van der Waals surface area (Å²) in [6.45, 7) is -0.364. The lowest BCUT2D eigenvalue weighted by Gasteiger charge is -2.32. The molecule has 0 atom stereocenters. The van der Waals surface area contributed by atoms with Crippen molar-refractivity contribution >= 4 is 34.7 Å². The fourth-order valence-corrected chi connectivity index (χ4v) is 4.84. The van der Waals surface area contributed by atoms with Crippen LogP contribution in [0, 0.1) is 0 Å². The maximum Gasteiger partial charge on any atom is 0.266 e. The van der Waals surface area contributed by atoms with E-state index in [1.807, 2.05) is 29.6 Å². The Morgan fingerprint density at radius 1 is 0.882 bits per heavy atom. The molecule has 2 aromatic heterocycles. The highest BCUT2D eigenvalue weighted by Crippen LogP contribution is 2.38. The van der Waals surface area contributed by atoms with Crippen molar-refractivity contribution in [3.8, 4) is 27.7 Å². The molecule has 0 spiro atoms. The van der Waals surface area contributed by atoms with Gasteiger partial charge in [-0.25, -0.2) is 4.98 Å². The minimum absolute atomic E-state index is 0.171. The molecule has 9 heteroatoms. The molecule has 0 aliphatic carbocycles. The minimum atomic E-state index is -0.419. The Labute approximate surface area is 198 Å². The smallest absolute Gasteiger partial charge is 0.266 e. The van der Waals surface area contributed by atoms with Gasteiger partial charge in [-0.2, -0.15) is 0 Å². The Bertz CT molecular complexity index is 1430. The third-order valence-corrected chi connectivity index (χ3v) is 6.61. The van der Waals surface area contributed by atoms with E-state index in [2.05, 4.69) is 4.98 Å². The van der Waals surface area contributed by atoms with E-state index in [9.17, 15) is 14.4 Å². The summed E-state index contributed by atoms with van der Waals surface area (Å²) in [6.07, 6.45) is 1.72. The van der Waals surface area contributed by atoms with E-state index in [1.54, 1.807) is 42.6 Å². The van der Waals surface area contributed by atoms with Crippen molar-refractivity contribution in [1.29, 1.82) is 0 Å². The van der Waals surface area contributed by atoms with Crippen LogP contribution in [-0.2, 0) is 4.79 Å². The van der Waals surface area contributed by atoms with E-state index in [0.717, 1.165) is 26.9 Å². The number of pyridine rings is 1. The van der Waals surface area contributed by atoms with Crippen molar-refractivity contribution < 1.29 is 19.1 Å². The highest BCUT2D eigenvalue weighted by atomic mass is 32.1. The minimum Gasteiger partial charge on any atom is -0.482 e. The molecule has 0 radical (unpaired) electrons. The molecule has 0 N–H and O–H groups in total. The Hall–Kier alpha value is -4.37. The first-order chi connectivity index (χ1) is 16.6. The molecule has 34 heavy (non-hydrogen) atoms. The lowest BCUT2D eigenvalue weighted by Crippen LogP contribution is -2.47. The standard InChI is InChI=1S/C25H16N4O4S/c30-22-12-33-21-9-8-15(19-13-34-23(27-19)18-7-3-4-10-26-18)11-20(21)28(22)14-29-24(31)16-5-1-2-6-17(16)25(29)32/h1-11,13H,12,14H2. The quantitative estimate of drug-likeness (QED) is 0.423. The van der Waals surface area contributed by atoms with Crippen LogP contribution in [0.25, 0.3) is 22.0 Å². The molecule has 0 saturated carbocycles. The SMILES string of the molecule is O=C1c2ccccc2C(=O)N1CN1C(=O)COc2ccc(-c3csc(-c4ccccn4)n3)cc21. The van der Waals surface area contributed by atoms with Crippen molar-refractivity contribution in [2.45, 2.75) is 0 Å². The van der Waals surface area contributed by atoms with Crippen LogP contribution in [0.3, 0.4) is 0 Å². The van der Waals surface area contributed by atoms with Crippen LogP contribution < -0.4 is 9.64 Å². The summed E-state index contributed by atoms with van der Waals surface area (Å²) in [7, 11) is 0. The Kier molecular flexibility index (Phi) is 4.70. The molecule has 3 amide bonds. The van der Waals surface area contributed by atoms with Crippen LogP contribution in [0.5, 0.6) is 5.75 Å². The third-order valence-electron chi connectivity index (χ3n) is 5.75. The number of amides is 3. The van der Waals surface area contributed by atoms with Crippen LogP contribution >= 0.6 is 11.3 Å². The molecule has 2 aliphatic heterocycles. The van der Waals surface area contributed by atoms with Crippen molar-refractivity contribution in [1.82, 2.24) is 14.9 Å². The average Bonchev–Trinajstić information content (AvgIpc) is 3.46. The zero-order chi connectivity index (χ0) is 23.2. The number of imide groups is 1. The molecule has 4 aromatic rings. The maximum atomic E-state index is 12.8. The van der Waals surface area contributed by atoms with Gasteiger partial charge in [-0.3, -0.25) is 29.2 Å². The van der Waals surface area contributed by atoms with Gasteiger partial charge >= 0.3 is 0 Å². The lowest BCUT2D eigenvalue weighted by atomic mass is 10.1. The van der Waals surface area contributed by atoms with Crippen molar-refractivity contribution in [3.63, 3.8) is 0 Å². The summed E-state index contributed by atoms with van der Waals surface area (Å²) in [5.41, 5.74) is 3.45. The first-order valence-corrected chi connectivity index (χ1v) is 11.4. The summed E-state index contributed by atoms with van der Waals surface area (Å²) in [4.78, 5) is 50.0. The van der Waals surface area contributed by atoms with Gasteiger partial charge in [0.15, 0.2) is 6.61 Å². The van der Waals surface area contributed by atoms with Crippen molar-refractivity contribution in [3.05, 3.63) is 83.4 Å². The predicted molar refractivity (Wildman–Crippen MR) is 126 cm³/mol. The van der Waals surface area contributed by atoms with E-state index < -0.39 is 11.8 Å². The highest BCUT2D eigenvalue weighted by molar-refractivity contribution is 7.13. The van der Waals surface area contributed by atoms with Crippen LogP contribution in [0.4, 0.5) is 5.69 Å². The molecule has 6 rings (SSSR count). The lowest BCUT2D eigenvalue weighted by molar-refractivity contribution is -0.121. The topological polar surface area (TPSA) is 92.7 Å². The van der Waals surface area contributed by atoms with Gasteiger partial charge in [-0.05, 0) is 42.5 Å². The first-order valence-electron chi connectivity index (χ1n) is 10.5. The van der Waals surface area contributed by atoms with Gasteiger partial charge in [0.2, 0.25) is 0 Å². The largest absolute Gasteiger partial charge is 0.482 e. The maximum absolute atomic E-state index is 12.8. The Balaban J connectivity index is 1.33. The zero-order valence-corrected chi connectivity index (χ0v) is 18.5. The number of fused-ring (bicyclic) bond motifs is 2. The monoisotopic (exact) mass is 468 g/mol. The van der Waals surface area contributed by atoms with Gasteiger partial charge in [0.05, 0.1) is 28.2 Å². The Morgan fingerprint density at radius 2 is 1.65 bits per heavy atom. The second-order valence-corrected chi connectivity index (χ2v) is 8.63. The van der Waals surface area contributed by atoms with E-state index in [4.69, 9.17) is 9.72 Å². The molecule has 2 aromatic carbocycles. The summed E-state index contributed by atoms with van der Waals surface area (Å²) in [5, 5.41) is 2.70. The molecule has 4 heterocycles. The molecule has 0 fully saturated rings. The number of thiazole rings is 1. The Morgan fingerprint density at radius 3 is 2.38 bits per heavy atom. The van der Waals surface area contributed by atoms with Gasteiger partial charge in [-0.1, -0.05) is 18.2 Å². The third kappa shape index (κ3) is 3.25. The number of hydrogen-bond donors (Lipinski definition) is 0. The number of hydrogen-bond acceptors (Lipinski definition) is 7. The van der Waals surface area contributed by atoms with E-state index >= 15 is 0 Å². The number of ether oxygens (including phenoxy) is 1. The fraction of sp³-hybridized carbons (Fsp3) is 0.0800. The predicted octanol–water partition coefficient (Wildman–Crippen LogP) is 3.85. The fourth-order valence-electron chi connectivity index (χ4n) is 4.04. The number of aromatic nitrogens is 2. The second kappa shape index (κ2) is 7.89. The molecule has 0 unspecified atom stereocenters. The molecule has 0 bridgehead atoms. The van der Waals surface area contributed by atoms with E-state index in [1.165, 1.54) is 16.2 Å². The summed E-state index contributed by atoms with van der Waals surface area (Å²) < 4.78 is 5.60. The summed E-state index contributed by atoms with van der Waals surface area (Å²) in [5.74, 6) is -0.678. The van der Waals surface area contributed by atoms with Crippen molar-refractivity contribution in [2.24, 2.45) is 0 Å². The number of carbonyl (C=O) groups is 3. The molecule has 2 aliphatic rings. The van der Waals surface area contributed by atoms with Gasteiger partial charge in [0.25, 0.3) is 17.7 Å². The normalized spacial score (nSPS) is 14.8. The van der Waals surface area contributed by atoms with Gasteiger partial charge in [0.1, 0.15) is 17.4 Å². The van der Waals surface area contributed by atoms with Crippen LogP contribution in [0.15, 0.2) is 72.2 Å². The zero-order valence-electron chi connectivity index (χ0n) is 17.7. The number of carbonyl (C=O) groups excluding carboxylic acids is 3. The number of rotatable bonds is 4. The molecular formula is C25H16N4O4S. The summed E-state index contributed by atoms with van der Waals surface area (Å²) in [6, 6.07) is 17.7. The molecule has 166 valence electrons. The van der Waals surface area contributed by atoms with Gasteiger partial charge in [0, 0.05) is 17.1 Å². The van der Waals surface area contributed by atoms with Crippen LogP contribution in [0.2, 0.25) is 0 Å². The van der Waals surface area contributed by atoms with E-state index in [0.29, 0.717) is 22.6 Å². The van der Waals surface area contributed by atoms with Gasteiger partial charge in [-0.15, -0.1) is 11.3 Å².